The van der Waals surface area contributed by atoms with Gasteiger partial charge >= 0.3 is 5.97 Å². The van der Waals surface area contributed by atoms with E-state index < -0.39 is 27.4 Å². The standard InChI is InChI=1S/C20H28N2O6S/c1-3-15-6-7-16(14-17(15)29(25,26)22-10-12-28-13-11-22)18(23)21-20(19(24)27-2)8-4-5-9-20/h6-7,14H,3-5,8-13H2,1-2H3,(H,21,23). The molecule has 1 aliphatic heterocycles. The first-order chi connectivity index (χ1) is 13.8. The van der Waals surface area contributed by atoms with Crippen molar-refractivity contribution in [1.29, 1.82) is 0 Å². The largest absolute Gasteiger partial charge is 0.467 e. The molecule has 1 heterocycles. The van der Waals surface area contributed by atoms with E-state index in [2.05, 4.69) is 5.32 Å². The monoisotopic (exact) mass is 424 g/mol. The maximum absolute atomic E-state index is 13.2. The van der Waals surface area contributed by atoms with Crippen molar-refractivity contribution < 1.29 is 27.5 Å². The first-order valence-corrected chi connectivity index (χ1v) is 11.4. The van der Waals surface area contributed by atoms with Crippen LogP contribution in [0.3, 0.4) is 0 Å². The van der Waals surface area contributed by atoms with Crippen molar-refractivity contribution in [3.63, 3.8) is 0 Å². The van der Waals surface area contributed by atoms with Gasteiger partial charge in [0.15, 0.2) is 0 Å². The van der Waals surface area contributed by atoms with Crippen LogP contribution in [0.4, 0.5) is 0 Å². The number of hydrogen-bond acceptors (Lipinski definition) is 6. The fourth-order valence-electron chi connectivity index (χ4n) is 4.00. The quantitative estimate of drug-likeness (QED) is 0.694. The van der Waals surface area contributed by atoms with E-state index >= 15 is 0 Å². The van der Waals surface area contributed by atoms with Crippen LogP contribution in [0.25, 0.3) is 0 Å². The molecule has 1 aliphatic carbocycles. The number of hydrogen-bond donors (Lipinski definition) is 1. The number of nitrogens with zero attached hydrogens (tertiary/aromatic N) is 1. The van der Waals surface area contributed by atoms with E-state index in [0.717, 1.165) is 12.8 Å². The predicted molar refractivity (Wildman–Crippen MR) is 106 cm³/mol. The van der Waals surface area contributed by atoms with E-state index in [9.17, 15) is 18.0 Å². The smallest absolute Gasteiger partial charge is 0.331 e. The summed E-state index contributed by atoms with van der Waals surface area (Å²) < 4.78 is 37.9. The third kappa shape index (κ3) is 4.31. The highest BCUT2D eigenvalue weighted by molar-refractivity contribution is 7.89. The van der Waals surface area contributed by atoms with Gasteiger partial charge in [0.25, 0.3) is 5.91 Å². The Labute approximate surface area is 171 Å². The van der Waals surface area contributed by atoms with Gasteiger partial charge < -0.3 is 14.8 Å². The lowest BCUT2D eigenvalue weighted by Gasteiger charge is -2.28. The number of amides is 1. The van der Waals surface area contributed by atoms with E-state index in [1.165, 1.54) is 17.5 Å². The van der Waals surface area contributed by atoms with Crippen LogP contribution < -0.4 is 5.32 Å². The Morgan fingerprint density at radius 3 is 2.45 bits per heavy atom. The molecule has 1 amide bonds. The Balaban J connectivity index is 1.92. The number of esters is 1. The molecule has 1 saturated carbocycles. The Bertz CT molecular complexity index is 871. The molecule has 0 atom stereocenters. The van der Waals surface area contributed by atoms with Crippen LogP contribution in [0, 0.1) is 0 Å². The van der Waals surface area contributed by atoms with E-state index in [0.29, 0.717) is 38.0 Å². The number of nitrogens with one attached hydrogen (secondary N) is 1. The Kier molecular flexibility index (Phi) is 6.60. The lowest BCUT2D eigenvalue weighted by atomic mass is 9.97. The molecule has 0 unspecified atom stereocenters. The first kappa shape index (κ1) is 21.7. The summed E-state index contributed by atoms with van der Waals surface area (Å²) in [5, 5.41) is 2.81. The summed E-state index contributed by atoms with van der Waals surface area (Å²) >= 11 is 0. The van der Waals surface area contributed by atoms with Crippen molar-refractivity contribution in [2.24, 2.45) is 0 Å². The van der Waals surface area contributed by atoms with Crippen molar-refractivity contribution in [3.05, 3.63) is 29.3 Å². The Morgan fingerprint density at radius 1 is 1.21 bits per heavy atom. The number of carbonyl (C=O) groups excluding carboxylic acids is 2. The molecule has 8 nitrogen and oxygen atoms in total. The highest BCUT2D eigenvalue weighted by Gasteiger charge is 2.43. The third-order valence-electron chi connectivity index (χ3n) is 5.68. The molecule has 0 radical (unpaired) electrons. The lowest BCUT2D eigenvalue weighted by Crippen LogP contribution is -2.53. The van der Waals surface area contributed by atoms with Crippen molar-refractivity contribution in [2.75, 3.05) is 33.4 Å². The van der Waals surface area contributed by atoms with E-state index in [4.69, 9.17) is 9.47 Å². The molecular weight excluding hydrogens is 396 g/mol. The average Bonchev–Trinajstić information content (AvgIpc) is 3.22. The van der Waals surface area contributed by atoms with Crippen LogP contribution in [0.5, 0.6) is 0 Å². The molecule has 1 aromatic carbocycles. The number of methoxy groups -OCH3 is 1. The zero-order chi connectivity index (χ0) is 21.1. The summed E-state index contributed by atoms with van der Waals surface area (Å²) in [5.41, 5.74) is -0.181. The maximum atomic E-state index is 13.2. The Hall–Kier alpha value is -1.97. The number of aryl methyl sites for hydroxylation is 1. The molecule has 0 spiro atoms. The first-order valence-electron chi connectivity index (χ1n) is 9.96. The topological polar surface area (TPSA) is 102 Å². The van der Waals surface area contributed by atoms with Gasteiger partial charge in [-0.3, -0.25) is 4.79 Å². The average molecular weight is 425 g/mol. The second-order valence-electron chi connectivity index (χ2n) is 7.43. The molecular formula is C20H28N2O6S. The van der Waals surface area contributed by atoms with Crippen LogP contribution in [0.1, 0.15) is 48.5 Å². The van der Waals surface area contributed by atoms with E-state index in [1.54, 1.807) is 12.1 Å². The van der Waals surface area contributed by atoms with Crippen LogP contribution >= 0.6 is 0 Å². The van der Waals surface area contributed by atoms with E-state index in [1.807, 2.05) is 6.92 Å². The molecule has 9 heteroatoms. The van der Waals surface area contributed by atoms with Gasteiger partial charge in [0.2, 0.25) is 10.0 Å². The van der Waals surface area contributed by atoms with Crippen LogP contribution in [-0.2, 0) is 30.7 Å². The van der Waals surface area contributed by atoms with Crippen LogP contribution in [-0.4, -0.2) is 63.6 Å². The minimum atomic E-state index is -3.74. The summed E-state index contributed by atoms with van der Waals surface area (Å²) in [6.07, 6.45) is 3.18. The molecule has 0 aromatic heterocycles. The van der Waals surface area contributed by atoms with Gasteiger partial charge in [0.05, 0.1) is 25.2 Å². The molecule has 2 aliphatic rings. The second kappa shape index (κ2) is 8.81. The molecule has 29 heavy (non-hydrogen) atoms. The van der Waals surface area contributed by atoms with Crippen LogP contribution in [0.2, 0.25) is 0 Å². The van der Waals surface area contributed by atoms with Crippen molar-refractivity contribution in [3.8, 4) is 0 Å². The summed E-state index contributed by atoms with van der Waals surface area (Å²) in [5.74, 6) is -0.937. The molecule has 1 saturated heterocycles. The molecule has 160 valence electrons. The van der Waals surface area contributed by atoms with E-state index in [-0.39, 0.29) is 23.5 Å². The van der Waals surface area contributed by atoms with Crippen molar-refractivity contribution in [2.45, 2.75) is 49.5 Å². The summed E-state index contributed by atoms with van der Waals surface area (Å²) in [7, 11) is -2.44. The normalized spacial score (nSPS) is 19.7. The fourth-order valence-corrected chi connectivity index (χ4v) is 5.73. The highest BCUT2D eigenvalue weighted by atomic mass is 32.2. The number of benzene rings is 1. The fraction of sp³-hybridized carbons (Fsp3) is 0.600. The van der Waals surface area contributed by atoms with Gasteiger partial charge in [0.1, 0.15) is 5.54 Å². The second-order valence-corrected chi connectivity index (χ2v) is 9.33. The summed E-state index contributed by atoms with van der Waals surface area (Å²) in [4.78, 5) is 25.4. The zero-order valence-corrected chi connectivity index (χ0v) is 17.7. The number of rotatable bonds is 6. The molecule has 1 N–H and O–H groups in total. The SMILES string of the molecule is CCc1ccc(C(=O)NC2(C(=O)OC)CCCC2)cc1S(=O)(=O)N1CCOCC1. The van der Waals surface area contributed by atoms with Crippen molar-refractivity contribution >= 4 is 21.9 Å². The maximum Gasteiger partial charge on any atom is 0.331 e. The van der Waals surface area contributed by atoms with Gasteiger partial charge in [-0.25, -0.2) is 13.2 Å². The number of sulfonamides is 1. The van der Waals surface area contributed by atoms with Gasteiger partial charge in [-0.1, -0.05) is 25.8 Å². The van der Waals surface area contributed by atoms with Crippen LogP contribution in [0.15, 0.2) is 23.1 Å². The minimum Gasteiger partial charge on any atom is -0.467 e. The van der Waals surface area contributed by atoms with Gasteiger partial charge in [0, 0.05) is 18.7 Å². The molecule has 1 aromatic rings. The number of ether oxygens (including phenoxy) is 2. The van der Waals surface area contributed by atoms with Gasteiger partial charge in [-0.15, -0.1) is 0 Å². The Morgan fingerprint density at radius 2 is 1.86 bits per heavy atom. The third-order valence-corrected chi connectivity index (χ3v) is 7.67. The van der Waals surface area contributed by atoms with Gasteiger partial charge in [-0.05, 0) is 37.0 Å². The predicted octanol–water partition coefficient (Wildman–Crippen LogP) is 1.49. The summed E-state index contributed by atoms with van der Waals surface area (Å²) in [6, 6.07) is 4.69. The zero-order valence-electron chi connectivity index (χ0n) is 16.9. The lowest BCUT2D eigenvalue weighted by molar-refractivity contribution is -0.148. The highest BCUT2D eigenvalue weighted by Crippen LogP contribution is 2.31. The molecule has 3 rings (SSSR count). The number of carbonyl (C=O) groups is 2. The van der Waals surface area contributed by atoms with Crippen molar-refractivity contribution in [1.82, 2.24) is 9.62 Å². The van der Waals surface area contributed by atoms with Gasteiger partial charge in [-0.2, -0.15) is 4.31 Å². The summed E-state index contributed by atoms with van der Waals surface area (Å²) in [6.45, 7) is 3.14. The molecule has 0 bridgehead atoms. The number of morpholine rings is 1. The molecule has 2 fully saturated rings. The minimum absolute atomic E-state index is 0.132.